The summed E-state index contributed by atoms with van der Waals surface area (Å²) in [5, 5.41) is 4.50. The minimum atomic E-state index is -0.520. The van der Waals surface area contributed by atoms with E-state index in [1.165, 1.54) is 10.7 Å². The van der Waals surface area contributed by atoms with Gasteiger partial charge in [0.1, 0.15) is 0 Å². The molecule has 1 amide bonds. The van der Waals surface area contributed by atoms with Crippen LogP contribution in [0.5, 0.6) is 5.75 Å². The van der Waals surface area contributed by atoms with Crippen molar-refractivity contribution < 1.29 is 9.53 Å². The van der Waals surface area contributed by atoms with Gasteiger partial charge in [0, 0.05) is 29.3 Å². The molecule has 0 aliphatic carbocycles. The van der Waals surface area contributed by atoms with Crippen LogP contribution in [0.3, 0.4) is 0 Å². The molecule has 0 saturated heterocycles. The molecular weight excluding hydrogens is 456 g/mol. The lowest BCUT2D eigenvalue weighted by Gasteiger charge is -2.10. The number of amides is 1. The molecule has 0 bridgehead atoms. The molecule has 0 radical (unpaired) electrons. The van der Waals surface area contributed by atoms with Gasteiger partial charge in [-0.1, -0.05) is 30.3 Å². The molecule has 0 unspecified atom stereocenters. The summed E-state index contributed by atoms with van der Waals surface area (Å²) in [7, 11) is 4.05. The molecule has 36 heavy (non-hydrogen) atoms. The van der Waals surface area contributed by atoms with Crippen molar-refractivity contribution in [3.63, 3.8) is 0 Å². The molecule has 4 aromatic rings. The summed E-state index contributed by atoms with van der Waals surface area (Å²) in [6.07, 6.45) is 4.25. The fourth-order valence-corrected chi connectivity index (χ4v) is 3.64. The van der Waals surface area contributed by atoms with Crippen molar-refractivity contribution in [3.05, 3.63) is 94.5 Å². The van der Waals surface area contributed by atoms with Crippen LogP contribution in [-0.4, -0.2) is 57.8 Å². The lowest BCUT2D eigenvalue weighted by atomic mass is 10.1. The molecule has 4 rings (SSSR count). The van der Waals surface area contributed by atoms with E-state index in [1.54, 1.807) is 36.7 Å². The Labute approximate surface area is 209 Å². The van der Waals surface area contributed by atoms with E-state index in [4.69, 9.17) is 10.5 Å². The fourth-order valence-electron chi connectivity index (χ4n) is 3.64. The predicted molar refractivity (Wildman–Crippen MR) is 138 cm³/mol. The Morgan fingerprint density at radius 3 is 2.50 bits per heavy atom. The van der Waals surface area contributed by atoms with Crippen LogP contribution in [0.1, 0.15) is 22.3 Å². The summed E-state index contributed by atoms with van der Waals surface area (Å²) in [6.45, 7) is 1.82. The largest absolute Gasteiger partial charge is 0.490 e. The van der Waals surface area contributed by atoms with Gasteiger partial charge < -0.3 is 15.4 Å². The molecular formula is C27H28N6O3. The van der Waals surface area contributed by atoms with Crippen molar-refractivity contribution in [1.82, 2.24) is 24.6 Å². The van der Waals surface area contributed by atoms with Crippen molar-refractivity contribution in [3.8, 4) is 28.4 Å². The quantitative estimate of drug-likeness (QED) is 0.344. The number of nitrogens with two attached hydrogens (primary N) is 1. The third-order valence-electron chi connectivity index (χ3n) is 5.47. The maximum Gasteiger partial charge on any atom is 0.267 e. The molecule has 2 aromatic heterocycles. The molecule has 9 nitrogen and oxygen atoms in total. The lowest BCUT2D eigenvalue weighted by Crippen LogP contribution is -2.23. The van der Waals surface area contributed by atoms with E-state index in [0.717, 1.165) is 24.1 Å². The second-order valence-electron chi connectivity index (χ2n) is 8.61. The molecule has 0 aliphatic rings. The number of hydrogen-bond donors (Lipinski definition) is 1. The molecule has 2 N–H and O–H groups in total. The third kappa shape index (κ3) is 6.39. The number of carbonyl (C=O) groups is 1. The summed E-state index contributed by atoms with van der Waals surface area (Å²) < 4.78 is 7.09. The van der Waals surface area contributed by atoms with Gasteiger partial charge in [0.15, 0.2) is 11.6 Å². The first-order valence-electron chi connectivity index (χ1n) is 11.6. The molecule has 2 aromatic carbocycles. The molecule has 0 aliphatic heterocycles. The highest BCUT2D eigenvalue weighted by molar-refractivity contribution is 5.93. The van der Waals surface area contributed by atoms with Gasteiger partial charge in [-0.2, -0.15) is 5.10 Å². The van der Waals surface area contributed by atoms with E-state index in [1.807, 2.05) is 44.4 Å². The topological polar surface area (TPSA) is 116 Å². The second kappa shape index (κ2) is 11.4. The van der Waals surface area contributed by atoms with Crippen molar-refractivity contribution in [2.75, 3.05) is 27.2 Å². The summed E-state index contributed by atoms with van der Waals surface area (Å²) >= 11 is 0. The zero-order chi connectivity index (χ0) is 25.5. The Morgan fingerprint density at radius 2 is 1.75 bits per heavy atom. The van der Waals surface area contributed by atoms with Crippen LogP contribution < -0.4 is 16.0 Å². The summed E-state index contributed by atoms with van der Waals surface area (Å²) in [4.78, 5) is 35.0. The van der Waals surface area contributed by atoms with Crippen molar-refractivity contribution in [2.24, 2.45) is 5.73 Å². The number of ether oxygens (including phenoxy) is 1. The highest BCUT2D eigenvalue weighted by Gasteiger charge is 2.09. The zero-order valence-corrected chi connectivity index (χ0v) is 20.3. The summed E-state index contributed by atoms with van der Waals surface area (Å²) in [5.74, 6) is 0.671. The van der Waals surface area contributed by atoms with E-state index in [0.29, 0.717) is 35.0 Å². The Morgan fingerprint density at radius 1 is 1.00 bits per heavy atom. The normalized spacial score (nSPS) is 11.0. The minimum Gasteiger partial charge on any atom is -0.490 e. The van der Waals surface area contributed by atoms with Gasteiger partial charge in [-0.3, -0.25) is 9.59 Å². The molecule has 0 fully saturated rings. The highest BCUT2D eigenvalue weighted by atomic mass is 16.5. The number of carbonyl (C=O) groups excluding carboxylic acids is 1. The first kappa shape index (κ1) is 24.7. The lowest BCUT2D eigenvalue weighted by molar-refractivity contribution is 0.100. The van der Waals surface area contributed by atoms with E-state index >= 15 is 0 Å². The molecule has 0 saturated carbocycles. The molecule has 184 valence electrons. The van der Waals surface area contributed by atoms with E-state index in [-0.39, 0.29) is 12.1 Å². The maximum absolute atomic E-state index is 12.5. The van der Waals surface area contributed by atoms with Crippen molar-refractivity contribution in [1.29, 1.82) is 0 Å². The Hall–Kier alpha value is -4.37. The van der Waals surface area contributed by atoms with Gasteiger partial charge in [-0.25, -0.2) is 14.6 Å². The van der Waals surface area contributed by atoms with Gasteiger partial charge in [-0.15, -0.1) is 0 Å². The Bertz CT molecular complexity index is 1400. The van der Waals surface area contributed by atoms with Gasteiger partial charge >= 0.3 is 0 Å². The standard InChI is InChI=1S/C27H28N6O3/c1-32(2)12-5-13-36-23-16-29-27(30-17-23)22-9-3-6-19(14-22)18-33-25(34)11-10-24(31-33)20-7-4-8-21(15-20)26(28)35/h3-4,6-11,14-17H,5,12-13,18H2,1-2H3,(H2,28,35). The number of benzene rings is 2. The smallest absolute Gasteiger partial charge is 0.267 e. The van der Waals surface area contributed by atoms with Gasteiger partial charge in [0.2, 0.25) is 5.91 Å². The van der Waals surface area contributed by atoms with Crippen LogP contribution in [0.2, 0.25) is 0 Å². The predicted octanol–water partition coefficient (Wildman–Crippen LogP) is 2.85. The van der Waals surface area contributed by atoms with Gasteiger partial charge in [0.25, 0.3) is 5.56 Å². The summed E-state index contributed by atoms with van der Waals surface area (Å²) in [5.41, 5.74) is 8.50. The third-order valence-corrected chi connectivity index (χ3v) is 5.47. The monoisotopic (exact) mass is 484 g/mol. The summed E-state index contributed by atoms with van der Waals surface area (Å²) in [6, 6.07) is 17.6. The van der Waals surface area contributed by atoms with Crippen LogP contribution in [0.4, 0.5) is 0 Å². The number of nitrogens with zero attached hydrogens (tertiary/aromatic N) is 5. The number of aromatic nitrogens is 4. The zero-order valence-electron chi connectivity index (χ0n) is 20.3. The van der Waals surface area contributed by atoms with E-state index in [2.05, 4.69) is 20.0 Å². The fraction of sp³-hybridized carbons (Fsp3) is 0.222. The molecule has 2 heterocycles. The molecule has 0 atom stereocenters. The maximum atomic E-state index is 12.5. The number of rotatable bonds is 10. The average Bonchev–Trinajstić information content (AvgIpc) is 2.88. The van der Waals surface area contributed by atoms with Crippen molar-refractivity contribution in [2.45, 2.75) is 13.0 Å². The second-order valence-corrected chi connectivity index (χ2v) is 8.61. The highest BCUT2D eigenvalue weighted by Crippen LogP contribution is 2.20. The van der Waals surface area contributed by atoms with Crippen LogP contribution in [0.15, 0.2) is 77.9 Å². The average molecular weight is 485 g/mol. The number of hydrogen-bond acceptors (Lipinski definition) is 7. The number of primary amides is 1. The van der Waals surface area contributed by atoms with E-state index < -0.39 is 5.91 Å². The first-order chi connectivity index (χ1) is 17.4. The first-order valence-corrected chi connectivity index (χ1v) is 11.6. The SMILES string of the molecule is CN(C)CCCOc1cnc(-c2cccc(Cn3nc(-c4cccc(C(N)=O)c4)ccc3=O)c2)nc1. The van der Waals surface area contributed by atoms with Crippen LogP contribution in [0, 0.1) is 0 Å². The van der Waals surface area contributed by atoms with Crippen LogP contribution >= 0.6 is 0 Å². The van der Waals surface area contributed by atoms with Crippen LogP contribution in [-0.2, 0) is 6.54 Å². The Kier molecular flexibility index (Phi) is 7.82. The minimum absolute atomic E-state index is 0.234. The van der Waals surface area contributed by atoms with Crippen molar-refractivity contribution >= 4 is 5.91 Å². The Balaban J connectivity index is 1.49. The molecule has 0 spiro atoms. The van der Waals surface area contributed by atoms with E-state index in [9.17, 15) is 9.59 Å². The van der Waals surface area contributed by atoms with Gasteiger partial charge in [-0.05, 0) is 50.3 Å². The molecule has 9 heteroatoms. The van der Waals surface area contributed by atoms with Gasteiger partial charge in [0.05, 0.1) is 31.2 Å². The van der Waals surface area contributed by atoms with Crippen LogP contribution in [0.25, 0.3) is 22.6 Å².